The highest BCUT2D eigenvalue weighted by atomic mass is 35.5. The van der Waals surface area contributed by atoms with Crippen molar-refractivity contribution in [3.8, 4) is 0 Å². The van der Waals surface area contributed by atoms with Gasteiger partial charge in [0.2, 0.25) is 5.28 Å². The lowest BCUT2D eigenvalue weighted by molar-refractivity contribution is 0.449. The first-order valence-corrected chi connectivity index (χ1v) is 4.95. The van der Waals surface area contributed by atoms with Crippen molar-refractivity contribution in [3.05, 3.63) is 46.9 Å². The second-order valence-electron chi connectivity index (χ2n) is 3.18. The zero-order chi connectivity index (χ0) is 13.3. The molecule has 0 bridgehead atoms. The maximum atomic E-state index is 13.3. The van der Waals surface area contributed by atoms with E-state index >= 15 is 0 Å². The van der Waals surface area contributed by atoms with Gasteiger partial charge in [-0.15, -0.1) is 0 Å². The first kappa shape index (κ1) is 12.6. The molecule has 0 amide bonds. The van der Waals surface area contributed by atoms with E-state index in [1.807, 2.05) is 0 Å². The minimum Gasteiger partial charge on any atom is -0.335 e. The van der Waals surface area contributed by atoms with Crippen molar-refractivity contribution in [2.75, 3.05) is 5.32 Å². The molecule has 1 aromatic carbocycles. The van der Waals surface area contributed by atoms with E-state index in [9.17, 15) is 17.6 Å². The Kier molecular flexibility index (Phi) is 3.33. The maximum Gasteiger partial charge on any atom is 0.224 e. The molecule has 0 aliphatic heterocycles. The average molecular weight is 278 g/mol. The number of hydrogen-bond acceptors (Lipinski definition) is 3. The fourth-order valence-corrected chi connectivity index (χ4v) is 1.32. The molecule has 3 nitrogen and oxygen atoms in total. The molecule has 1 heterocycles. The van der Waals surface area contributed by atoms with Gasteiger partial charge in [-0.2, -0.15) is 4.98 Å². The van der Waals surface area contributed by atoms with Crippen LogP contribution in [0.25, 0.3) is 0 Å². The molecule has 2 aromatic rings. The maximum absolute atomic E-state index is 13.3. The summed E-state index contributed by atoms with van der Waals surface area (Å²) in [5, 5.41) is 1.88. The minimum absolute atomic E-state index is 0.276. The molecular formula is C10H4ClF4N3. The summed E-state index contributed by atoms with van der Waals surface area (Å²) in [5.41, 5.74) is -0.470. The van der Waals surface area contributed by atoms with E-state index in [1.54, 1.807) is 0 Å². The molecule has 0 fully saturated rings. The van der Waals surface area contributed by atoms with Crippen LogP contribution in [-0.2, 0) is 0 Å². The Labute approximate surface area is 103 Å². The van der Waals surface area contributed by atoms with Crippen molar-refractivity contribution in [3.63, 3.8) is 0 Å². The molecule has 1 N–H and O–H groups in total. The molecule has 0 spiro atoms. The van der Waals surface area contributed by atoms with Crippen LogP contribution in [0, 0.1) is 23.3 Å². The van der Waals surface area contributed by atoms with Crippen LogP contribution in [0.15, 0.2) is 18.3 Å². The molecule has 0 aliphatic rings. The van der Waals surface area contributed by atoms with Gasteiger partial charge in [-0.25, -0.2) is 22.5 Å². The number of nitrogens with one attached hydrogen (secondary N) is 1. The van der Waals surface area contributed by atoms with Gasteiger partial charge in [-0.05, 0) is 23.7 Å². The molecule has 0 atom stereocenters. The van der Waals surface area contributed by atoms with Gasteiger partial charge in [0.1, 0.15) is 0 Å². The predicted molar refractivity (Wildman–Crippen MR) is 56.6 cm³/mol. The second-order valence-corrected chi connectivity index (χ2v) is 3.52. The van der Waals surface area contributed by atoms with Crippen molar-refractivity contribution in [1.82, 2.24) is 9.97 Å². The number of benzene rings is 1. The Morgan fingerprint density at radius 2 is 1.72 bits per heavy atom. The molecule has 8 heteroatoms. The van der Waals surface area contributed by atoms with Crippen molar-refractivity contribution in [1.29, 1.82) is 0 Å². The third-order valence-electron chi connectivity index (χ3n) is 2.00. The normalized spacial score (nSPS) is 10.5. The molecule has 2 rings (SSSR count). The van der Waals surface area contributed by atoms with Crippen LogP contribution in [0.3, 0.4) is 0 Å². The third-order valence-corrected chi connectivity index (χ3v) is 2.19. The largest absolute Gasteiger partial charge is 0.335 e. The van der Waals surface area contributed by atoms with Crippen LogP contribution in [0.4, 0.5) is 29.1 Å². The van der Waals surface area contributed by atoms with Crippen LogP contribution >= 0.6 is 11.6 Å². The molecule has 0 unspecified atom stereocenters. The van der Waals surface area contributed by atoms with Crippen LogP contribution in [-0.4, -0.2) is 9.97 Å². The van der Waals surface area contributed by atoms with Crippen LogP contribution in [0.5, 0.6) is 0 Å². The van der Waals surface area contributed by atoms with Crippen molar-refractivity contribution < 1.29 is 17.6 Å². The number of nitrogens with zero attached hydrogens (tertiary/aromatic N) is 2. The van der Waals surface area contributed by atoms with Gasteiger partial charge >= 0.3 is 0 Å². The van der Waals surface area contributed by atoms with Crippen LogP contribution in [0.1, 0.15) is 0 Å². The lowest BCUT2D eigenvalue weighted by Gasteiger charge is -2.08. The van der Waals surface area contributed by atoms with E-state index in [1.165, 1.54) is 0 Å². The Bertz CT molecular complexity index is 606. The summed E-state index contributed by atoms with van der Waals surface area (Å²) >= 11 is 5.42. The molecule has 1 aromatic heterocycles. The molecule has 0 aliphatic carbocycles. The lowest BCUT2D eigenvalue weighted by atomic mass is 10.3. The monoisotopic (exact) mass is 277 g/mol. The highest BCUT2D eigenvalue weighted by Crippen LogP contribution is 2.24. The van der Waals surface area contributed by atoms with Crippen molar-refractivity contribution in [2.45, 2.75) is 0 Å². The van der Waals surface area contributed by atoms with Crippen LogP contribution < -0.4 is 5.32 Å². The first-order valence-electron chi connectivity index (χ1n) is 4.57. The van der Waals surface area contributed by atoms with Gasteiger partial charge in [-0.3, -0.25) is 0 Å². The molecule has 0 saturated carbocycles. The summed E-state index contributed by atoms with van der Waals surface area (Å²) in [7, 11) is 0. The Balaban J connectivity index is 2.40. The van der Waals surface area contributed by atoms with Crippen LogP contribution in [0.2, 0.25) is 5.28 Å². The average Bonchev–Trinajstić information content (AvgIpc) is 2.34. The SMILES string of the molecule is Fc1cnc(Cl)nc1Nc1ccc(F)c(F)c1F. The number of rotatable bonds is 2. The lowest BCUT2D eigenvalue weighted by Crippen LogP contribution is -2.03. The van der Waals surface area contributed by atoms with E-state index < -0.39 is 34.8 Å². The Morgan fingerprint density at radius 1 is 1.00 bits per heavy atom. The topological polar surface area (TPSA) is 37.8 Å². The highest BCUT2D eigenvalue weighted by Gasteiger charge is 2.15. The number of anilines is 2. The van der Waals surface area contributed by atoms with E-state index in [0.29, 0.717) is 6.07 Å². The molecule has 18 heavy (non-hydrogen) atoms. The Hall–Kier alpha value is -1.89. The molecular weight excluding hydrogens is 274 g/mol. The summed E-state index contributed by atoms with van der Waals surface area (Å²) in [4.78, 5) is 6.79. The second kappa shape index (κ2) is 4.77. The zero-order valence-corrected chi connectivity index (χ0v) is 9.27. The third kappa shape index (κ3) is 2.35. The highest BCUT2D eigenvalue weighted by molar-refractivity contribution is 6.28. The van der Waals surface area contributed by atoms with Gasteiger partial charge in [-0.1, -0.05) is 0 Å². The zero-order valence-electron chi connectivity index (χ0n) is 8.52. The summed E-state index contributed by atoms with van der Waals surface area (Å²) < 4.78 is 52.1. The molecule has 94 valence electrons. The predicted octanol–water partition coefficient (Wildman–Crippen LogP) is 3.43. The van der Waals surface area contributed by atoms with Gasteiger partial charge < -0.3 is 5.32 Å². The van der Waals surface area contributed by atoms with Gasteiger partial charge in [0.15, 0.2) is 29.1 Å². The minimum atomic E-state index is -1.67. The van der Waals surface area contributed by atoms with E-state index in [0.717, 1.165) is 12.3 Å². The fourth-order valence-electron chi connectivity index (χ4n) is 1.18. The van der Waals surface area contributed by atoms with E-state index in [4.69, 9.17) is 11.6 Å². The first-order chi connectivity index (χ1) is 8.49. The van der Waals surface area contributed by atoms with Crippen molar-refractivity contribution in [2.24, 2.45) is 0 Å². The summed E-state index contributed by atoms with van der Waals surface area (Å²) in [6, 6.07) is 1.60. The quantitative estimate of drug-likeness (QED) is 0.519. The standard InChI is InChI=1S/C10H4ClF4N3/c11-10-16-3-5(13)9(18-10)17-6-2-1-4(12)7(14)8(6)15/h1-3H,(H,16,17,18). The summed E-state index contributed by atoms with van der Waals surface area (Å²) in [6.07, 6.45) is 0.759. The Morgan fingerprint density at radius 3 is 2.44 bits per heavy atom. The van der Waals surface area contributed by atoms with E-state index in [2.05, 4.69) is 15.3 Å². The molecule has 0 radical (unpaired) electrons. The summed E-state index contributed by atoms with van der Waals surface area (Å²) in [6.45, 7) is 0. The molecule has 0 saturated heterocycles. The number of halogens is 5. The number of aromatic nitrogens is 2. The fraction of sp³-hybridized carbons (Fsp3) is 0. The number of hydrogen-bond donors (Lipinski definition) is 1. The van der Waals surface area contributed by atoms with E-state index in [-0.39, 0.29) is 5.28 Å². The summed E-state index contributed by atoms with van der Waals surface area (Å²) in [5.74, 6) is -5.85. The smallest absolute Gasteiger partial charge is 0.224 e. The van der Waals surface area contributed by atoms with Gasteiger partial charge in [0.05, 0.1) is 11.9 Å². The van der Waals surface area contributed by atoms with Gasteiger partial charge in [0, 0.05) is 0 Å². The van der Waals surface area contributed by atoms with Gasteiger partial charge in [0.25, 0.3) is 0 Å². The van der Waals surface area contributed by atoms with Crippen molar-refractivity contribution >= 4 is 23.1 Å².